The molecule has 100 valence electrons. The van der Waals surface area contributed by atoms with E-state index in [1.807, 2.05) is 0 Å². The molecule has 1 heteroatoms. The van der Waals surface area contributed by atoms with Crippen molar-refractivity contribution in [1.29, 1.82) is 0 Å². The van der Waals surface area contributed by atoms with E-state index in [9.17, 15) is 0 Å². The van der Waals surface area contributed by atoms with E-state index in [2.05, 4.69) is 43.0 Å². The number of benzene rings is 1. The molecule has 0 spiro atoms. The highest BCUT2D eigenvalue weighted by molar-refractivity contribution is 6.62. The van der Waals surface area contributed by atoms with Crippen LogP contribution in [0.25, 0.3) is 0 Å². The van der Waals surface area contributed by atoms with Gasteiger partial charge >= 0.3 is 0 Å². The van der Waals surface area contributed by atoms with Crippen molar-refractivity contribution in [2.45, 2.75) is 56.5 Å². The van der Waals surface area contributed by atoms with Gasteiger partial charge < -0.3 is 0 Å². The van der Waals surface area contributed by atoms with Gasteiger partial charge in [-0.15, -0.1) is 6.58 Å². The van der Waals surface area contributed by atoms with Crippen LogP contribution in [0.3, 0.4) is 0 Å². The molecule has 2 aliphatic heterocycles. The standard InChI is InChI=1S/C18H25B/c1-2-14-19-17-12-6-10-16(11-7-13-17)18(19)15-8-4-3-5-9-15/h2-5,8-9,16-18H,1,6-7,10-14H2/t16?,17?,18-/m0/s1. The summed E-state index contributed by atoms with van der Waals surface area (Å²) < 4.78 is 0. The molecule has 0 amide bonds. The average molecular weight is 252 g/mol. The molecule has 0 saturated carbocycles. The maximum absolute atomic E-state index is 4.03. The molecule has 0 unspecified atom stereocenters. The highest BCUT2D eigenvalue weighted by Gasteiger charge is 2.41. The molecule has 0 nitrogen and oxygen atoms in total. The van der Waals surface area contributed by atoms with Gasteiger partial charge in [0.2, 0.25) is 0 Å². The second-order valence-electron chi connectivity index (χ2n) is 6.51. The lowest BCUT2D eigenvalue weighted by atomic mass is 9.30. The van der Waals surface area contributed by atoms with E-state index >= 15 is 0 Å². The smallest absolute Gasteiger partial charge is 0.104 e. The molecule has 1 atom stereocenters. The van der Waals surface area contributed by atoms with E-state index < -0.39 is 0 Å². The van der Waals surface area contributed by atoms with Crippen LogP contribution in [0.15, 0.2) is 43.0 Å². The molecule has 0 aliphatic carbocycles. The minimum Gasteiger partial charge on any atom is -0.104 e. The van der Waals surface area contributed by atoms with Gasteiger partial charge in [-0.05, 0) is 11.7 Å². The maximum atomic E-state index is 4.03. The van der Waals surface area contributed by atoms with Gasteiger partial charge in [0.15, 0.2) is 6.71 Å². The van der Waals surface area contributed by atoms with Crippen LogP contribution in [0.4, 0.5) is 0 Å². The lowest BCUT2D eigenvalue weighted by Crippen LogP contribution is -2.30. The van der Waals surface area contributed by atoms with Crippen molar-refractivity contribution in [3.8, 4) is 0 Å². The minimum atomic E-state index is 0.786. The van der Waals surface area contributed by atoms with Crippen LogP contribution in [0.2, 0.25) is 12.1 Å². The van der Waals surface area contributed by atoms with Gasteiger partial charge in [0.1, 0.15) is 0 Å². The Morgan fingerprint density at radius 1 is 1.05 bits per heavy atom. The largest absolute Gasteiger partial charge is 0.155 e. The van der Waals surface area contributed by atoms with Crippen LogP contribution in [0.1, 0.15) is 49.9 Å². The van der Waals surface area contributed by atoms with E-state index in [0.29, 0.717) is 0 Å². The van der Waals surface area contributed by atoms with Crippen LogP contribution < -0.4 is 0 Å². The Labute approximate surface area is 118 Å². The van der Waals surface area contributed by atoms with Crippen LogP contribution in [-0.4, -0.2) is 6.71 Å². The molecule has 2 saturated heterocycles. The molecule has 1 aromatic rings. The first-order valence-corrected chi connectivity index (χ1v) is 8.06. The lowest BCUT2D eigenvalue weighted by Gasteiger charge is -2.30. The van der Waals surface area contributed by atoms with Gasteiger partial charge in [-0.25, -0.2) is 0 Å². The Morgan fingerprint density at radius 3 is 2.37 bits per heavy atom. The number of hydrogen-bond acceptors (Lipinski definition) is 0. The predicted molar refractivity (Wildman–Crippen MR) is 84.9 cm³/mol. The SMILES string of the molecule is C=CCB1C2CCCC(CCC2)[C@@H]1c1ccccc1. The summed E-state index contributed by atoms with van der Waals surface area (Å²) in [6, 6.07) is 11.3. The molecule has 2 bridgehead atoms. The van der Waals surface area contributed by atoms with Gasteiger partial charge in [0, 0.05) is 0 Å². The van der Waals surface area contributed by atoms with Crippen molar-refractivity contribution in [3.05, 3.63) is 48.6 Å². The number of hydrogen-bond donors (Lipinski definition) is 0. The highest BCUT2D eigenvalue weighted by Crippen LogP contribution is 2.48. The van der Waals surface area contributed by atoms with Crippen LogP contribution in [-0.2, 0) is 0 Å². The fraction of sp³-hybridized carbons (Fsp3) is 0.556. The topological polar surface area (TPSA) is 0 Å². The van der Waals surface area contributed by atoms with Crippen molar-refractivity contribution in [1.82, 2.24) is 0 Å². The molecule has 3 rings (SSSR count). The Kier molecular flexibility index (Phi) is 4.10. The minimum absolute atomic E-state index is 0.786. The Hall–Kier alpha value is -0.975. The predicted octanol–water partition coefficient (Wildman–Crippen LogP) is 5.34. The molecule has 2 heterocycles. The first kappa shape index (κ1) is 13.0. The second-order valence-corrected chi connectivity index (χ2v) is 6.51. The van der Waals surface area contributed by atoms with E-state index in [1.165, 1.54) is 44.8 Å². The zero-order chi connectivity index (χ0) is 13.1. The summed E-state index contributed by atoms with van der Waals surface area (Å²) in [6.45, 7) is 4.87. The summed E-state index contributed by atoms with van der Waals surface area (Å²) in [5.74, 6) is 2.64. The van der Waals surface area contributed by atoms with E-state index in [-0.39, 0.29) is 0 Å². The molecule has 19 heavy (non-hydrogen) atoms. The van der Waals surface area contributed by atoms with Gasteiger partial charge in [-0.1, -0.05) is 92.6 Å². The van der Waals surface area contributed by atoms with Crippen LogP contribution >= 0.6 is 0 Å². The maximum Gasteiger partial charge on any atom is 0.155 e. The Morgan fingerprint density at radius 2 is 1.74 bits per heavy atom. The third-order valence-electron chi connectivity index (χ3n) is 5.50. The van der Waals surface area contributed by atoms with Crippen molar-refractivity contribution >= 4 is 6.71 Å². The van der Waals surface area contributed by atoms with Crippen molar-refractivity contribution in [2.75, 3.05) is 0 Å². The number of rotatable bonds is 3. The zero-order valence-electron chi connectivity index (χ0n) is 11.9. The lowest BCUT2D eigenvalue weighted by molar-refractivity contribution is 0.391. The Bertz CT molecular complexity index is 401. The molecular weight excluding hydrogens is 227 g/mol. The zero-order valence-corrected chi connectivity index (χ0v) is 11.9. The van der Waals surface area contributed by atoms with Crippen molar-refractivity contribution in [2.24, 2.45) is 5.92 Å². The summed E-state index contributed by atoms with van der Waals surface area (Å²) >= 11 is 0. The fourth-order valence-corrected chi connectivity index (χ4v) is 4.73. The summed E-state index contributed by atoms with van der Waals surface area (Å²) in [4.78, 5) is 0. The molecule has 1 aromatic carbocycles. The number of allylic oxidation sites excluding steroid dienone is 1. The average Bonchev–Trinajstić information content (AvgIpc) is 2.68. The Balaban J connectivity index is 1.98. The van der Waals surface area contributed by atoms with Crippen LogP contribution in [0.5, 0.6) is 0 Å². The third-order valence-corrected chi connectivity index (χ3v) is 5.50. The van der Waals surface area contributed by atoms with Gasteiger partial charge in [-0.3, -0.25) is 0 Å². The van der Waals surface area contributed by atoms with Crippen LogP contribution in [0, 0.1) is 5.92 Å². The highest BCUT2D eigenvalue weighted by atomic mass is 14.3. The molecular formula is C18H25B. The third kappa shape index (κ3) is 2.66. The normalized spacial score (nSPS) is 30.7. The fourth-order valence-electron chi connectivity index (χ4n) is 4.73. The molecule has 2 fully saturated rings. The van der Waals surface area contributed by atoms with Gasteiger partial charge in [0.25, 0.3) is 0 Å². The summed E-state index contributed by atoms with van der Waals surface area (Å²) in [6.07, 6.45) is 12.1. The summed E-state index contributed by atoms with van der Waals surface area (Å²) in [7, 11) is 0. The molecule has 2 aliphatic rings. The van der Waals surface area contributed by atoms with Gasteiger partial charge in [0.05, 0.1) is 0 Å². The van der Waals surface area contributed by atoms with E-state index in [0.717, 1.165) is 24.3 Å². The monoisotopic (exact) mass is 252 g/mol. The quantitative estimate of drug-likeness (QED) is 0.502. The second kappa shape index (κ2) is 5.99. The summed E-state index contributed by atoms with van der Waals surface area (Å²) in [5, 5.41) is 0. The van der Waals surface area contributed by atoms with E-state index in [4.69, 9.17) is 0 Å². The molecule has 0 aromatic heterocycles. The van der Waals surface area contributed by atoms with Gasteiger partial charge in [-0.2, -0.15) is 0 Å². The molecule has 0 N–H and O–H groups in total. The van der Waals surface area contributed by atoms with Crippen molar-refractivity contribution in [3.63, 3.8) is 0 Å². The van der Waals surface area contributed by atoms with Crippen molar-refractivity contribution < 1.29 is 0 Å². The van der Waals surface area contributed by atoms with E-state index in [1.54, 1.807) is 5.56 Å². The first-order chi connectivity index (χ1) is 9.40. The summed E-state index contributed by atoms with van der Waals surface area (Å²) in [5.41, 5.74) is 1.59. The first-order valence-electron chi connectivity index (χ1n) is 8.06. The molecule has 0 radical (unpaired) electrons. The number of fused-ring (bicyclic) bond motifs is 3.